The number of hydrogen-bond acceptors (Lipinski definition) is 3. The lowest BCUT2D eigenvalue weighted by Gasteiger charge is -2.17. The van der Waals surface area contributed by atoms with Crippen molar-refractivity contribution in [1.82, 2.24) is 4.31 Å². The molecule has 0 heterocycles. The molecule has 0 aromatic heterocycles. The van der Waals surface area contributed by atoms with Crippen molar-refractivity contribution in [2.45, 2.75) is 43.9 Å². The summed E-state index contributed by atoms with van der Waals surface area (Å²) in [5, 5.41) is 0. The Morgan fingerprint density at radius 3 is 2.30 bits per heavy atom. The Morgan fingerprint density at radius 1 is 1.10 bits per heavy atom. The largest absolute Gasteiger partial charge is 0.330 e. The van der Waals surface area contributed by atoms with E-state index in [0.29, 0.717) is 18.0 Å². The first kappa shape index (κ1) is 17.1. The maximum atomic E-state index is 12.4. The molecule has 0 aliphatic rings. The second-order valence-corrected chi connectivity index (χ2v) is 7.11. The maximum absolute atomic E-state index is 12.4. The first-order valence-electron chi connectivity index (χ1n) is 7.27. The van der Waals surface area contributed by atoms with Gasteiger partial charge in [-0.2, -0.15) is 0 Å². The van der Waals surface area contributed by atoms with E-state index in [1.165, 1.54) is 4.31 Å². The number of nitrogens with two attached hydrogens (primary N) is 1. The minimum atomic E-state index is -3.35. The maximum Gasteiger partial charge on any atom is 0.242 e. The van der Waals surface area contributed by atoms with E-state index in [-0.39, 0.29) is 0 Å². The molecule has 0 aliphatic carbocycles. The summed E-state index contributed by atoms with van der Waals surface area (Å²) in [6, 6.07) is 7.14. The molecule has 0 bridgehead atoms. The van der Waals surface area contributed by atoms with Crippen molar-refractivity contribution in [3.8, 4) is 0 Å². The molecule has 0 atom stereocenters. The molecule has 114 valence electrons. The van der Waals surface area contributed by atoms with Crippen LogP contribution >= 0.6 is 0 Å². The first-order chi connectivity index (χ1) is 9.52. The summed E-state index contributed by atoms with van der Waals surface area (Å²) < 4.78 is 26.2. The second kappa shape index (κ2) is 8.39. The van der Waals surface area contributed by atoms with Crippen molar-refractivity contribution in [1.29, 1.82) is 0 Å². The van der Waals surface area contributed by atoms with E-state index in [9.17, 15) is 8.42 Å². The fourth-order valence-corrected chi connectivity index (χ4v) is 3.23. The number of nitrogens with zero attached hydrogens (tertiary/aromatic N) is 1. The molecule has 0 saturated heterocycles. The normalized spacial score (nSPS) is 12.0. The fraction of sp³-hybridized carbons (Fsp3) is 0.600. The van der Waals surface area contributed by atoms with E-state index in [4.69, 9.17) is 5.73 Å². The van der Waals surface area contributed by atoms with Crippen molar-refractivity contribution in [3.05, 3.63) is 29.8 Å². The van der Waals surface area contributed by atoms with Gasteiger partial charge < -0.3 is 5.73 Å². The van der Waals surface area contributed by atoms with Crippen LogP contribution in [0.4, 0.5) is 0 Å². The molecule has 0 amide bonds. The van der Waals surface area contributed by atoms with E-state index < -0.39 is 10.0 Å². The molecule has 4 nitrogen and oxygen atoms in total. The molecule has 0 aliphatic heterocycles. The summed E-state index contributed by atoms with van der Waals surface area (Å²) in [4.78, 5) is 0.369. The molecule has 0 fully saturated rings. The summed E-state index contributed by atoms with van der Waals surface area (Å²) >= 11 is 0. The first-order valence-corrected chi connectivity index (χ1v) is 8.71. The summed E-state index contributed by atoms with van der Waals surface area (Å²) in [5.41, 5.74) is 6.60. The van der Waals surface area contributed by atoms with Crippen LogP contribution in [0.5, 0.6) is 0 Å². The molecule has 5 heteroatoms. The SMILES string of the molecule is CCCCCN(C)S(=O)(=O)c1ccc(CCCN)cc1. The summed E-state index contributed by atoms with van der Waals surface area (Å²) in [6.07, 6.45) is 4.86. The lowest BCUT2D eigenvalue weighted by atomic mass is 10.1. The molecule has 0 spiro atoms. The minimum Gasteiger partial charge on any atom is -0.330 e. The predicted molar refractivity (Wildman–Crippen MR) is 83.2 cm³/mol. The number of sulfonamides is 1. The van der Waals surface area contributed by atoms with E-state index in [0.717, 1.165) is 37.7 Å². The van der Waals surface area contributed by atoms with Crippen LogP contribution in [0.3, 0.4) is 0 Å². The van der Waals surface area contributed by atoms with Gasteiger partial charge in [-0.05, 0) is 43.5 Å². The van der Waals surface area contributed by atoms with Gasteiger partial charge in [0.1, 0.15) is 0 Å². The Hall–Kier alpha value is -0.910. The smallest absolute Gasteiger partial charge is 0.242 e. The molecule has 1 rings (SSSR count). The lowest BCUT2D eigenvalue weighted by molar-refractivity contribution is 0.454. The second-order valence-electron chi connectivity index (χ2n) is 5.07. The quantitative estimate of drug-likeness (QED) is 0.712. The van der Waals surface area contributed by atoms with Crippen molar-refractivity contribution < 1.29 is 8.42 Å². The van der Waals surface area contributed by atoms with Crippen LogP contribution in [0.15, 0.2) is 29.2 Å². The van der Waals surface area contributed by atoms with E-state index in [1.54, 1.807) is 19.2 Å². The zero-order valence-electron chi connectivity index (χ0n) is 12.5. The molecule has 1 aromatic carbocycles. The summed E-state index contributed by atoms with van der Waals surface area (Å²) in [6.45, 7) is 3.33. The third kappa shape index (κ3) is 4.89. The highest BCUT2D eigenvalue weighted by Gasteiger charge is 2.19. The third-order valence-corrected chi connectivity index (χ3v) is 5.25. The van der Waals surface area contributed by atoms with Crippen LogP contribution in [0.25, 0.3) is 0 Å². The van der Waals surface area contributed by atoms with Gasteiger partial charge in [0.15, 0.2) is 0 Å². The van der Waals surface area contributed by atoms with Gasteiger partial charge in [-0.15, -0.1) is 0 Å². The summed E-state index contributed by atoms with van der Waals surface area (Å²) in [7, 11) is -1.70. The highest BCUT2D eigenvalue weighted by atomic mass is 32.2. The highest BCUT2D eigenvalue weighted by molar-refractivity contribution is 7.89. The topological polar surface area (TPSA) is 63.4 Å². The minimum absolute atomic E-state index is 0.369. The van der Waals surface area contributed by atoms with Gasteiger partial charge in [0.2, 0.25) is 10.0 Å². The average molecular weight is 298 g/mol. The Labute approximate surface area is 123 Å². The predicted octanol–water partition coefficient (Wildman–Crippen LogP) is 2.39. The zero-order chi connectivity index (χ0) is 15.0. The Morgan fingerprint density at radius 2 is 1.75 bits per heavy atom. The van der Waals surface area contributed by atoms with Crippen LogP contribution < -0.4 is 5.73 Å². The Balaban J connectivity index is 2.71. The van der Waals surface area contributed by atoms with Gasteiger partial charge in [-0.1, -0.05) is 31.9 Å². The third-order valence-electron chi connectivity index (χ3n) is 3.38. The van der Waals surface area contributed by atoms with Crippen LogP contribution in [0, 0.1) is 0 Å². The monoisotopic (exact) mass is 298 g/mol. The zero-order valence-corrected chi connectivity index (χ0v) is 13.3. The number of hydrogen-bond donors (Lipinski definition) is 1. The van der Waals surface area contributed by atoms with Crippen molar-refractivity contribution in [2.24, 2.45) is 5.73 Å². The van der Waals surface area contributed by atoms with Crippen LogP contribution in [-0.4, -0.2) is 32.9 Å². The average Bonchev–Trinajstić information content (AvgIpc) is 2.45. The molecular formula is C15H26N2O2S. The number of benzene rings is 1. The molecule has 0 radical (unpaired) electrons. The van der Waals surface area contributed by atoms with Crippen LogP contribution in [0.1, 0.15) is 38.2 Å². The van der Waals surface area contributed by atoms with Gasteiger partial charge in [0.25, 0.3) is 0 Å². The van der Waals surface area contributed by atoms with E-state index >= 15 is 0 Å². The van der Waals surface area contributed by atoms with Gasteiger partial charge in [0, 0.05) is 13.6 Å². The van der Waals surface area contributed by atoms with E-state index in [1.807, 2.05) is 12.1 Å². The molecule has 20 heavy (non-hydrogen) atoms. The fourth-order valence-electron chi connectivity index (χ4n) is 2.02. The Bertz CT molecular complexity index is 483. The van der Waals surface area contributed by atoms with Crippen molar-refractivity contribution >= 4 is 10.0 Å². The van der Waals surface area contributed by atoms with Crippen molar-refractivity contribution in [2.75, 3.05) is 20.1 Å². The van der Waals surface area contributed by atoms with Gasteiger partial charge in [-0.25, -0.2) is 12.7 Å². The van der Waals surface area contributed by atoms with Crippen LogP contribution in [0.2, 0.25) is 0 Å². The molecule has 0 unspecified atom stereocenters. The van der Waals surface area contributed by atoms with Gasteiger partial charge >= 0.3 is 0 Å². The number of unbranched alkanes of at least 4 members (excludes halogenated alkanes) is 2. The van der Waals surface area contributed by atoms with E-state index in [2.05, 4.69) is 6.92 Å². The van der Waals surface area contributed by atoms with Crippen molar-refractivity contribution in [3.63, 3.8) is 0 Å². The van der Waals surface area contributed by atoms with Gasteiger partial charge in [-0.3, -0.25) is 0 Å². The molecule has 0 saturated carbocycles. The summed E-state index contributed by atoms with van der Waals surface area (Å²) in [5.74, 6) is 0. The molecule has 1 aromatic rings. The van der Waals surface area contributed by atoms with Gasteiger partial charge in [0.05, 0.1) is 4.90 Å². The number of rotatable bonds is 9. The molecule has 2 N–H and O–H groups in total. The standard InChI is InChI=1S/C15H26N2O2S/c1-3-4-5-13-17(2)20(18,19)15-10-8-14(9-11-15)7-6-12-16/h8-11H,3-7,12-13,16H2,1-2H3. The lowest BCUT2D eigenvalue weighted by Crippen LogP contribution is -2.27. The van der Waals surface area contributed by atoms with Crippen LogP contribution in [-0.2, 0) is 16.4 Å². The number of aryl methyl sites for hydroxylation is 1. The Kier molecular flexibility index (Phi) is 7.19. The molecular weight excluding hydrogens is 272 g/mol. The highest BCUT2D eigenvalue weighted by Crippen LogP contribution is 2.16.